The van der Waals surface area contributed by atoms with Crippen LogP contribution in [0.1, 0.15) is 17.4 Å². The number of guanidine groups is 1. The number of hydrogen-bond donors (Lipinski definition) is 2. The summed E-state index contributed by atoms with van der Waals surface area (Å²) in [7, 11) is 3.41. The fourth-order valence-electron chi connectivity index (χ4n) is 2.26. The lowest BCUT2D eigenvalue weighted by molar-refractivity contribution is 0.392. The van der Waals surface area contributed by atoms with Gasteiger partial charge >= 0.3 is 0 Å². The Labute approximate surface area is 165 Å². The molecule has 0 saturated heterocycles. The smallest absolute Gasteiger partial charge is 0.218 e. The highest BCUT2D eigenvalue weighted by Gasteiger charge is 2.07. The van der Waals surface area contributed by atoms with E-state index >= 15 is 0 Å². The van der Waals surface area contributed by atoms with Crippen LogP contribution < -0.4 is 15.4 Å². The fraction of sp³-hybridized carbons (Fsp3) is 0.412. The predicted octanol–water partition coefficient (Wildman–Crippen LogP) is 3.31. The van der Waals surface area contributed by atoms with Crippen LogP contribution in [0.4, 0.5) is 0 Å². The molecule has 132 valence electrons. The Morgan fingerprint density at radius 3 is 2.83 bits per heavy atom. The average Bonchev–Trinajstić information content (AvgIpc) is 3.08. The molecule has 24 heavy (non-hydrogen) atoms. The van der Waals surface area contributed by atoms with Crippen molar-refractivity contribution in [1.29, 1.82) is 0 Å². The van der Waals surface area contributed by atoms with E-state index in [1.807, 2.05) is 23.5 Å². The minimum atomic E-state index is 0. The molecule has 1 unspecified atom stereocenters. The van der Waals surface area contributed by atoms with E-state index in [1.54, 1.807) is 20.4 Å². The molecule has 0 spiro atoms. The molecule has 0 bridgehead atoms. The molecule has 1 atom stereocenters. The molecule has 2 N–H and O–H groups in total. The van der Waals surface area contributed by atoms with Crippen LogP contribution in [0.2, 0.25) is 0 Å². The molecule has 2 aromatic heterocycles. The summed E-state index contributed by atoms with van der Waals surface area (Å²) in [5.41, 5.74) is 1.00. The summed E-state index contributed by atoms with van der Waals surface area (Å²) < 4.78 is 5.26. The van der Waals surface area contributed by atoms with E-state index in [-0.39, 0.29) is 24.0 Å². The zero-order valence-electron chi connectivity index (χ0n) is 14.3. The summed E-state index contributed by atoms with van der Waals surface area (Å²) in [6.07, 6.45) is 2.81. The van der Waals surface area contributed by atoms with Gasteiger partial charge in [-0.2, -0.15) is 0 Å². The van der Waals surface area contributed by atoms with Crippen molar-refractivity contribution in [3.63, 3.8) is 0 Å². The molecule has 0 radical (unpaired) electrons. The van der Waals surface area contributed by atoms with Gasteiger partial charge in [0.05, 0.1) is 7.11 Å². The molecular formula is C17H25IN4OS. The average molecular weight is 460 g/mol. The Bertz CT molecular complexity index is 619. The van der Waals surface area contributed by atoms with E-state index in [0.29, 0.717) is 18.3 Å². The molecule has 5 nitrogen and oxygen atoms in total. The van der Waals surface area contributed by atoms with E-state index in [1.165, 1.54) is 4.88 Å². The maximum atomic E-state index is 5.26. The number of ether oxygens (including phenoxy) is 1. The van der Waals surface area contributed by atoms with Crippen LogP contribution in [0.15, 0.2) is 40.8 Å². The second-order valence-corrected chi connectivity index (χ2v) is 6.40. The molecular weight excluding hydrogens is 435 g/mol. The van der Waals surface area contributed by atoms with Gasteiger partial charge in [-0.25, -0.2) is 4.98 Å². The van der Waals surface area contributed by atoms with Crippen LogP contribution in [0.3, 0.4) is 0 Å². The summed E-state index contributed by atoms with van der Waals surface area (Å²) in [6, 6.07) is 8.18. The summed E-state index contributed by atoms with van der Waals surface area (Å²) in [6.45, 7) is 3.74. The lowest BCUT2D eigenvalue weighted by atomic mass is 10.1. The number of halogens is 1. The highest BCUT2D eigenvalue weighted by atomic mass is 127. The number of aliphatic imine (C=N–C) groups is 1. The van der Waals surface area contributed by atoms with Gasteiger partial charge in [-0.3, -0.25) is 4.99 Å². The molecule has 2 heterocycles. The van der Waals surface area contributed by atoms with Crippen LogP contribution in [0.5, 0.6) is 5.88 Å². The molecule has 0 fully saturated rings. The first-order valence-electron chi connectivity index (χ1n) is 7.67. The quantitative estimate of drug-likeness (QED) is 0.378. The summed E-state index contributed by atoms with van der Waals surface area (Å²) >= 11 is 1.81. The van der Waals surface area contributed by atoms with Crippen molar-refractivity contribution >= 4 is 41.3 Å². The number of aromatic nitrogens is 1. The Morgan fingerprint density at radius 2 is 2.17 bits per heavy atom. The van der Waals surface area contributed by atoms with Crippen molar-refractivity contribution in [2.24, 2.45) is 10.9 Å². The first-order chi connectivity index (χ1) is 11.2. The molecule has 2 rings (SSSR count). The number of rotatable bonds is 7. The summed E-state index contributed by atoms with van der Waals surface area (Å²) in [5, 5.41) is 8.79. The largest absolute Gasteiger partial charge is 0.481 e. The van der Waals surface area contributed by atoms with E-state index in [2.05, 4.69) is 45.0 Å². The Hall–Kier alpha value is -1.35. The minimum Gasteiger partial charge on any atom is -0.481 e. The van der Waals surface area contributed by atoms with E-state index in [0.717, 1.165) is 24.5 Å². The molecule has 0 aliphatic heterocycles. The van der Waals surface area contributed by atoms with Crippen molar-refractivity contribution in [2.45, 2.75) is 19.9 Å². The van der Waals surface area contributed by atoms with Crippen molar-refractivity contribution < 1.29 is 4.74 Å². The lowest BCUT2D eigenvalue weighted by Crippen LogP contribution is -2.39. The molecule has 0 aliphatic carbocycles. The third-order valence-corrected chi connectivity index (χ3v) is 4.36. The summed E-state index contributed by atoms with van der Waals surface area (Å²) in [5.74, 6) is 1.97. The second kappa shape index (κ2) is 11.2. The third-order valence-electron chi connectivity index (χ3n) is 3.46. The minimum absolute atomic E-state index is 0. The van der Waals surface area contributed by atoms with Gasteiger partial charge in [-0.1, -0.05) is 19.1 Å². The maximum Gasteiger partial charge on any atom is 0.218 e. The maximum absolute atomic E-state index is 5.26. The third kappa shape index (κ3) is 6.64. The molecule has 7 heteroatoms. The van der Waals surface area contributed by atoms with E-state index < -0.39 is 0 Å². The van der Waals surface area contributed by atoms with Crippen molar-refractivity contribution in [2.75, 3.05) is 20.7 Å². The van der Waals surface area contributed by atoms with E-state index in [4.69, 9.17) is 4.74 Å². The number of thiophene rings is 1. The van der Waals surface area contributed by atoms with Gasteiger partial charge in [-0.15, -0.1) is 35.3 Å². The van der Waals surface area contributed by atoms with Crippen molar-refractivity contribution in [3.05, 3.63) is 46.3 Å². The van der Waals surface area contributed by atoms with Gasteiger partial charge in [0.1, 0.15) is 0 Å². The zero-order chi connectivity index (χ0) is 16.5. The van der Waals surface area contributed by atoms with Gasteiger partial charge in [0.15, 0.2) is 5.96 Å². The molecule has 0 aliphatic rings. The number of pyridine rings is 1. The van der Waals surface area contributed by atoms with Gasteiger partial charge < -0.3 is 15.4 Å². The van der Waals surface area contributed by atoms with Gasteiger partial charge in [0, 0.05) is 36.8 Å². The standard InChI is InChI=1S/C17H24N4OS.HI/c1-13(10-15-7-5-9-23-15)11-20-17(18-2)21-12-14-6-4-8-19-16(14)22-3;/h4-9,13H,10-12H2,1-3H3,(H2,18,20,21);1H. The summed E-state index contributed by atoms with van der Waals surface area (Å²) in [4.78, 5) is 9.88. The highest BCUT2D eigenvalue weighted by Crippen LogP contribution is 2.14. The Morgan fingerprint density at radius 1 is 1.33 bits per heavy atom. The number of nitrogens with zero attached hydrogens (tertiary/aromatic N) is 2. The predicted molar refractivity (Wildman–Crippen MR) is 112 cm³/mol. The zero-order valence-corrected chi connectivity index (χ0v) is 17.4. The molecule has 0 amide bonds. The van der Waals surface area contributed by atoms with Crippen molar-refractivity contribution in [3.8, 4) is 5.88 Å². The first kappa shape index (κ1) is 20.7. The van der Waals surface area contributed by atoms with Gasteiger partial charge in [0.25, 0.3) is 0 Å². The highest BCUT2D eigenvalue weighted by molar-refractivity contribution is 14.0. The van der Waals surface area contributed by atoms with Gasteiger partial charge in [-0.05, 0) is 29.9 Å². The van der Waals surface area contributed by atoms with E-state index in [9.17, 15) is 0 Å². The topological polar surface area (TPSA) is 58.5 Å². The number of hydrogen-bond acceptors (Lipinski definition) is 4. The van der Waals surface area contributed by atoms with Crippen molar-refractivity contribution in [1.82, 2.24) is 15.6 Å². The first-order valence-corrected chi connectivity index (χ1v) is 8.55. The van der Waals surface area contributed by atoms with Crippen LogP contribution in [-0.2, 0) is 13.0 Å². The van der Waals surface area contributed by atoms with Gasteiger partial charge in [0.2, 0.25) is 5.88 Å². The SMILES string of the molecule is CN=C(NCc1cccnc1OC)NCC(C)Cc1cccs1.I. The van der Waals surface area contributed by atoms with Crippen LogP contribution in [0, 0.1) is 5.92 Å². The number of nitrogens with one attached hydrogen (secondary N) is 2. The molecule has 2 aromatic rings. The Kier molecular flexibility index (Phi) is 9.70. The Balaban J connectivity index is 0.00000288. The lowest BCUT2D eigenvalue weighted by Gasteiger charge is -2.16. The fourth-order valence-corrected chi connectivity index (χ4v) is 3.13. The molecule has 0 aromatic carbocycles. The van der Waals surface area contributed by atoms with Crippen LogP contribution >= 0.6 is 35.3 Å². The monoisotopic (exact) mass is 460 g/mol. The second-order valence-electron chi connectivity index (χ2n) is 5.37. The van der Waals surface area contributed by atoms with Crippen LogP contribution in [0.25, 0.3) is 0 Å². The normalized spacial score (nSPS) is 12.2. The number of methoxy groups -OCH3 is 1. The van der Waals surface area contributed by atoms with Crippen LogP contribution in [-0.4, -0.2) is 31.6 Å². The molecule has 0 saturated carbocycles.